The molecule has 1 atom stereocenters. The first-order valence-electron chi connectivity index (χ1n) is 5.43. The standard InChI is InChI=1S/C11H21N3/c1-5-7-10(12-3)11-8-9(6-2)13-14(11)4/h8,10,12H,5-7H2,1-4H3. The van der Waals surface area contributed by atoms with E-state index in [9.17, 15) is 0 Å². The Labute approximate surface area is 86.5 Å². The third-order valence-corrected chi connectivity index (χ3v) is 2.61. The SMILES string of the molecule is CCCC(NC)c1cc(CC)nn1C. The Morgan fingerprint density at radius 1 is 1.50 bits per heavy atom. The van der Waals surface area contributed by atoms with Gasteiger partial charge in [-0.1, -0.05) is 20.3 Å². The number of rotatable bonds is 5. The lowest BCUT2D eigenvalue weighted by atomic mass is 10.1. The summed E-state index contributed by atoms with van der Waals surface area (Å²) in [5.74, 6) is 0. The molecule has 1 rings (SSSR count). The maximum absolute atomic E-state index is 4.46. The predicted molar refractivity (Wildman–Crippen MR) is 59.3 cm³/mol. The number of aromatic nitrogens is 2. The number of nitrogens with one attached hydrogen (secondary N) is 1. The lowest BCUT2D eigenvalue weighted by Gasteiger charge is -2.14. The Hall–Kier alpha value is -0.830. The van der Waals surface area contributed by atoms with Crippen LogP contribution in [0.3, 0.4) is 0 Å². The van der Waals surface area contributed by atoms with Crippen molar-refractivity contribution in [3.8, 4) is 0 Å². The Morgan fingerprint density at radius 3 is 2.64 bits per heavy atom. The number of hydrogen-bond donors (Lipinski definition) is 1. The zero-order valence-corrected chi connectivity index (χ0v) is 9.67. The van der Waals surface area contributed by atoms with E-state index < -0.39 is 0 Å². The highest BCUT2D eigenvalue weighted by molar-refractivity contribution is 5.14. The van der Waals surface area contributed by atoms with Crippen molar-refractivity contribution < 1.29 is 0 Å². The topological polar surface area (TPSA) is 29.9 Å². The zero-order valence-electron chi connectivity index (χ0n) is 9.67. The fourth-order valence-corrected chi connectivity index (χ4v) is 1.77. The summed E-state index contributed by atoms with van der Waals surface area (Å²) >= 11 is 0. The molecule has 1 heterocycles. The monoisotopic (exact) mass is 195 g/mol. The molecule has 0 fully saturated rings. The van der Waals surface area contributed by atoms with Gasteiger partial charge in [0.25, 0.3) is 0 Å². The van der Waals surface area contributed by atoms with Crippen LogP contribution >= 0.6 is 0 Å². The second kappa shape index (κ2) is 5.15. The normalized spacial score (nSPS) is 13.1. The van der Waals surface area contributed by atoms with Crippen molar-refractivity contribution in [2.75, 3.05) is 7.05 Å². The first kappa shape index (κ1) is 11.2. The number of aryl methyl sites for hydroxylation is 2. The van der Waals surface area contributed by atoms with Crippen LogP contribution in [0.1, 0.15) is 44.1 Å². The van der Waals surface area contributed by atoms with E-state index in [0.717, 1.165) is 6.42 Å². The van der Waals surface area contributed by atoms with Crippen LogP contribution in [0.5, 0.6) is 0 Å². The van der Waals surface area contributed by atoms with Crippen molar-refractivity contribution in [3.05, 3.63) is 17.5 Å². The minimum absolute atomic E-state index is 0.442. The predicted octanol–water partition coefficient (Wildman–Crippen LogP) is 2.04. The van der Waals surface area contributed by atoms with E-state index in [1.54, 1.807) is 0 Å². The van der Waals surface area contributed by atoms with E-state index in [2.05, 4.69) is 30.3 Å². The molecule has 1 aromatic heterocycles. The second-order valence-electron chi connectivity index (χ2n) is 3.67. The van der Waals surface area contributed by atoms with Crippen molar-refractivity contribution in [1.29, 1.82) is 0 Å². The van der Waals surface area contributed by atoms with Gasteiger partial charge in [0.05, 0.1) is 11.4 Å². The van der Waals surface area contributed by atoms with Crippen LogP contribution < -0.4 is 5.32 Å². The molecule has 0 aliphatic carbocycles. The molecule has 0 radical (unpaired) electrons. The van der Waals surface area contributed by atoms with Gasteiger partial charge in [-0.3, -0.25) is 4.68 Å². The third-order valence-electron chi connectivity index (χ3n) is 2.61. The fourth-order valence-electron chi connectivity index (χ4n) is 1.77. The van der Waals surface area contributed by atoms with Gasteiger partial charge in [-0.05, 0) is 26.0 Å². The molecular formula is C11H21N3. The minimum Gasteiger partial charge on any atom is -0.312 e. The van der Waals surface area contributed by atoms with Crippen molar-refractivity contribution in [3.63, 3.8) is 0 Å². The van der Waals surface area contributed by atoms with Gasteiger partial charge in [0, 0.05) is 13.1 Å². The van der Waals surface area contributed by atoms with Crippen molar-refractivity contribution in [2.45, 2.75) is 39.2 Å². The van der Waals surface area contributed by atoms with Crippen molar-refractivity contribution in [2.24, 2.45) is 7.05 Å². The first-order valence-corrected chi connectivity index (χ1v) is 5.43. The molecule has 0 saturated heterocycles. The molecule has 0 amide bonds. The van der Waals surface area contributed by atoms with Gasteiger partial charge in [-0.2, -0.15) is 5.10 Å². The van der Waals surface area contributed by atoms with Crippen LogP contribution in [0.15, 0.2) is 6.07 Å². The van der Waals surface area contributed by atoms with Gasteiger partial charge in [0.15, 0.2) is 0 Å². The van der Waals surface area contributed by atoms with Gasteiger partial charge < -0.3 is 5.32 Å². The van der Waals surface area contributed by atoms with Crippen LogP contribution in [0, 0.1) is 0 Å². The molecule has 0 aliphatic heterocycles. The van der Waals surface area contributed by atoms with E-state index in [-0.39, 0.29) is 0 Å². The Bertz CT molecular complexity index is 278. The summed E-state index contributed by atoms with van der Waals surface area (Å²) in [6.45, 7) is 4.35. The molecule has 80 valence electrons. The van der Waals surface area contributed by atoms with Gasteiger partial charge in [-0.15, -0.1) is 0 Å². The first-order chi connectivity index (χ1) is 6.72. The summed E-state index contributed by atoms with van der Waals surface area (Å²) in [6, 6.07) is 2.65. The largest absolute Gasteiger partial charge is 0.312 e. The maximum Gasteiger partial charge on any atom is 0.0625 e. The lowest BCUT2D eigenvalue weighted by molar-refractivity contribution is 0.500. The summed E-state index contributed by atoms with van der Waals surface area (Å²) < 4.78 is 2.00. The highest BCUT2D eigenvalue weighted by Gasteiger charge is 2.13. The average molecular weight is 195 g/mol. The Kier molecular flexibility index (Phi) is 4.14. The molecule has 1 aromatic rings. The molecule has 3 nitrogen and oxygen atoms in total. The summed E-state index contributed by atoms with van der Waals surface area (Å²) in [6.07, 6.45) is 3.37. The molecule has 1 unspecified atom stereocenters. The molecule has 0 aromatic carbocycles. The smallest absolute Gasteiger partial charge is 0.0625 e. The van der Waals surface area contributed by atoms with Gasteiger partial charge in [-0.25, -0.2) is 0 Å². The van der Waals surface area contributed by atoms with E-state index in [0.29, 0.717) is 6.04 Å². The third kappa shape index (κ3) is 2.35. The van der Waals surface area contributed by atoms with E-state index in [1.807, 2.05) is 18.8 Å². The number of hydrogen-bond acceptors (Lipinski definition) is 2. The number of nitrogens with zero attached hydrogens (tertiary/aromatic N) is 2. The molecule has 0 aliphatic rings. The zero-order chi connectivity index (χ0) is 10.6. The van der Waals surface area contributed by atoms with Gasteiger partial charge >= 0.3 is 0 Å². The van der Waals surface area contributed by atoms with E-state index >= 15 is 0 Å². The molecule has 0 bridgehead atoms. The van der Waals surface area contributed by atoms with Crippen LogP contribution in [-0.2, 0) is 13.5 Å². The van der Waals surface area contributed by atoms with Crippen molar-refractivity contribution in [1.82, 2.24) is 15.1 Å². The van der Waals surface area contributed by atoms with Crippen LogP contribution in [0.2, 0.25) is 0 Å². The molecule has 0 saturated carbocycles. The summed E-state index contributed by atoms with van der Waals surface area (Å²) in [5, 5.41) is 7.79. The highest BCUT2D eigenvalue weighted by atomic mass is 15.3. The Balaban J connectivity index is 2.85. The van der Waals surface area contributed by atoms with Crippen LogP contribution in [0.25, 0.3) is 0 Å². The Morgan fingerprint density at radius 2 is 2.21 bits per heavy atom. The molecule has 3 heteroatoms. The molecule has 14 heavy (non-hydrogen) atoms. The maximum atomic E-state index is 4.46. The van der Waals surface area contributed by atoms with Gasteiger partial charge in [0.1, 0.15) is 0 Å². The van der Waals surface area contributed by atoms with Gasteiger partial charge in [0.2, 0.25) is 0 Å². The highest BCUT2D eigenvalue weighted by Crippen LogP contribution is 2.18. The van der Waals surface area contributed by atoms with E-state index in [4.69, 9.17) is 0 Å². The van der Waals surface area contributed by atoms with E-state index in [1.165, 1.54) is 24.2 Å². The molecule has 0 spiro atoms. The van der Waals surface area contributed by atoms with Crippen LogP contribution in [0.4, 0.5) is 0 Å². The summed E-state index contributed by atoms with van der Waals surface area (Å²) in [7, 11) is 4.04. The second-order valence-corrected chi connectivity index (χ2v) is 3.67. The summed E-state index contributed by atoms with van der Waals surface area (Å²) in [4.78, 5) is 0. The summed E-state index contributed by atoms with van der Waals surface area (Å²) in [5.41, 5.74) is 2.48. The quantitative estimate of drug-likeness (QED) is 0.779. The van der Waals surface area contributed by atoms with Crippen LogP contribution in [-0.4, -0.2) is 16.8 Å². The van der Waals surface area contributed by atoms with Crippen molar-refractivity contribution >= 4 is 0 Å². The average Bonchev–Trinajstić information content (AvgIpc) is 2.56. The fraction of sp³-hybridized carbons (Fsp3) is 0.727. The molecular weight excluding hydrogens is 174 g/mol. The molecule has 1 N–H and O–H groups in total. The lowest BCUT2D eigenvalue weighted by Crippen LogP contribution is -2.19. The minimum atomic E-state index is 0.442.